The van der Waals surface area contributed by atoms with E-state index in [9.17, 15) is 0 Å². The third kappa shape index (κ3) is 1.68. The van der Waals surface area contributed by atoms with Crippen molar-refractivity contribution in [3.05, 3.63) is 89.5 Å². The molecule has 0 saturated heterocycles. The molecule has 0 radical (unpaired) electrons. The molecule has 19 heavy (non-hydrogen) atoms. The van der Waals surface area contributed by atoms with E-state index in [4.69, 9.17) is 0 Å². The Bertz CT molecular complexity index is 781. The molecule has 3 aromatic carbocycles. The Morgan fingerprint density at radius 2 is 1.47 bits per heavy atom. The Kier molecular flexibility index (Phi) is 2.28. The summed E-state index contributed by atoms with van der Waals surface area (Å²) in [6, 6.07) is 24.0. The van der Waals surface area contributed by atoms with Crippen LogP contribution >= 0.6 is 0 Å². The molecule has 0 saturated carbocycles. The second-order valence-corrected chi connectivity index (χ2v) is 5.07. The molecule has 4 rings (SSSR count). The largest absolute Gasteiger partial charge is 0.0720 e. The van der Waals surface area contributed by atoms with E-state index in [1.807, 2.05) is 0 Å². The molecule has 0 heteroatoms. The van der Waals surface area contributed by atoms with E-state index >= 15 is 0 Å². The van der Waals surface area contributed by atoms with Gasteiger partial charge in [-0.3, -0.25) is 0 Å². The van der Waals surface area contributed by atoms with Gasteiger partial charge in [-0.1, -0.05) is 78.9 Å². The molecule has 0 nitrogen and oxygen atoms in total. The summed E-state index contributed by atoms with van der Waals surface area (Å²) in [5, 5.41) is 2.62. The van der Waals surface area contributed by atoms with Gasteiger partial charge in [0.15, 0.2) is 0 Å². The summed E-state index contributed by atoms with van der Waals surface area (Å²) in [7, 11) is 0. The van der Waals surface area contributed by atoms with Gasteiger partial charge >= 0.3 is 0 Å². The number of hydrogen-bond donors (Lipinski definition) is 0. The maximum atomic E-state index is 2.31. The first-order valence-electron chi connectivity index (χ1n) is 6.68. The van der Waals surface area contributed by atoms with Gasteiger partial charge in [0.25, 0.3) is 0 Å². The molecule has 90 valence electrons. The van der Waals surface area contributed by atoms with E-state index in [0.717, 1.165) is 0 Å². The number of benzene rings is 3. The normalized spacial score (nSPS) is 16.7. The van der Waals surface area contributed by atoms with Crippen LogP contribution in [-0.2, 0) is 0 Å². The minimum absolute atomic E-state index is 0.404. The number of hydrogen-bond acceptors (Lipinski definition) is 0. The van der Waals surface area contributed by atoms with Crippen molar-refractivity contribution in [2.24, 2.45) is 0 Å². The lowest BCUT2D eigenvalue weighted by Crippen LogP contribution is -1.95. The summed E-state index contributed by atoms with van der Waals surface area (Å²) in [6.07, 6.45) is 4.53. The molecule has 0 N–H and O–H groups in total. The Hall–Kier alpha value is -2.34. The smallest absolute Gasteiger partial charge is 0.0278 e. The van der Waals surface area contributed by atoms with Gasteiger partial charge in [0.1, 0.15) is 0 Å². The molecule has 0 spiro atoms. The quantitative estimate of drug-likeness (QED) is 0.563. The molecule has 1 atom stereocenters. The molecule has 1 aliphatic carbocycles. The summed E-state index contributed by atoms with van der Waals surface area (Å²) in [5.74, 6) is 0.404. The number of fused-ring (bicyclic) bond motifs is 2. The highest BCUT2D eigenvalue weighted by Gasteiger charge is 2.18. The summed E-state index contributed by atoms with van der Waals surface area (Å²) in [5.41, 5.74) is 4.14. The van der Waals surface area contributed by atoms with Crippen LogP contribution in [0.5, 0.6) is 0 Å². The number of allylic oxidation sites excluding steroid dienone is 1. The molecular formula is C19H14. The highest BCUT2D eigenvalue weighted by Crippen LogP contribution is 2.36. The predicted octanol–water partition coefficient (Wildman–Crippen LogP) is 5.00. The minimum atomic E-state index is 0.404. The molecule has 1 unspecified atom stereocenters. The Labute approximate surface area is 113 Å². The SMILES string of the molecule is C1=CC(c2ccc3ccccc3c2)c2ccccc21. The minimum Gasteiger partial charge on any atom is -0.0720 e. The zero-order valence-electron chi connectivity index (χ0n) is 10.6. The van der Waals surface area contributed by atoms with Gasteiger partial charge < -0.3 is 0 Å². The third-order valence-corrected chi connectivity index (χ3v) is 3.93. The molecule has 1 aliphatic rings. The van der Waals surface area contributed by atoms with Crippen LogP contribution in [0.4, 0.5) is 0 Å². The van der Waals surface area contributed by atoms with E-state index in [-0.39, 0.29) is 0 Å². The first-order chi connectivity index (χ1) is 9.42. The van der Waals surface area contributed by atoms with Gasteiger partial charge in [0.05, 0.1) is 0 Å². The first-order valence-corrected chi connectivity index (χ1v) is 6.68. The van der Waals surface area contributed by atoms with E-state index in [2.05, 4.69) is 78.9 Å². The maximum Gasteiger partial charge on any atom is 0.0278 e. The molecule has 3 aromatic rings. The van der Waals surface area contributed by atoms with Crippen LogP contribution in [0, 0.1) is 0 Å². The Balaban J connectivity index is 1.86. The molecular weight excluding hydrogens is 228 g/mol. The second kappa shape index (κ2) is 4.10. The van der Waals surface area contributed by atoms with E-state index < -0.39 is 0 Å². The lowest BCUT2D eigenvalue weighted by Gasteiger charge is -2.12. The van der Waals surface area contributed by atoms with Gasteiger partial charge in [-0.25, -0.2) is 0 Å². The summed E-state index contributed by atoms with van der Waals surface area (Å²) < 4.78 is 0. The maximum absolute atomic E-state index is 2.31. The molecule has 0 fully saturated rings. The van der Waals surface area contributed by atoms with Crippen LogP contribution in [0.3, 0.4) is 0 Å². The van der Waals surface area contributed by atoms with Gasteiger partial charge in [-0.2, -0.15) is 0 Å². The van der Waals surface area contributed by atoms with Crippen LogP contribution in [-0.4, -0.2) is 0 Å². The van der Waals surface area contributed by atoms with Crippen LogP contribution in [0.2, 0.25) is 0 Å². The topological polar surface area (TPSA) is 0 Å². The molecule has 0 amide bonds. The zero-order chi connectivity index (χ0) is 12.7. The Morgan fingerprint density at radius 3 is 2.42 bits per heavy atom. The molecule has 0 aromatic heterocycles. The average Bonchev–Trinajstić information content (AvgIpc) is 2.91. The van der Waals surface area contributed by atoms with Gasteiger partial charge in [-0.15, -0.1) is 0 Å². The third-order valence-electron chi connectivity index (χ3n) is 3.93. The fourth-order valence-corrected chi connectivity index (χ4v) is 2.94. The van der Waals surface area contributed by atoms with Crippen molar-refractivity contribution >= 4 is 16.8 Å². The second-order valence-electron chi connectivity index (χ2n) is 5.07. The van der Waals surface area contributed by atoms with E-state index in [1.54, 1.807) is 0 Å². The van der Waals surface area contributed by atoms with Crippen LogP contribution < -0.4 is 0 Å². The van der Waals surface area contributed by atoms with Crippen molar-refractivity contribution in [3.8, 4) is 0 Å². The fourth-order valence-electron chi connectivity index (χ4n) is 2.94. The molecule has 0 bridgehead atoms. The highest BCUT2D eigenvalue weighted by atomic mass is 14.2. The standard InChI is InChI=1S/C19H14/c1-2-7-16-13-17(10-9-14(16)5-1)19-12-11-15-6-3-4-8-18(15)19/h1-13,19H. The van der Waals surface area contributed by atoms with Crippen molar-refractivity contribution in [1.29, 1.82) is 0 Å². The summed E-state index contributed by atoms with van der Waals surface area (Å²) in [4.78, 5) is 0. The van der Waals surface area contributed by atoms with E-state index in [1.165, 1.54) is 27.5 Å². The van der Waals surface area contributed by atoms with Gasteiger partial charge in [-0.05, 0) is 27.5 Å². The number of rotatable bonds is 1. The molecule has 0 heterocycles. The van der Waals surface area contributed by atoms with Gasteiger partial charge in [0, 0.05) is 5.92 Å². The van der Waals surface area contributed by atoms with Crippen molar-refractivity contribution in [1.82, 2.24) is 0 Å². The highest BCUT2D eigenvalue weighted by molar-refractivity contribution is 5.83. The van der Waals surface area contributed by atoms with Crippen LogP contribution in [0.15, 0.2) is 72.8 Å². The monoisotopic (exact) mass is 242 g/mol. The van der Waals surface area contributed by atoms with Gasteiger partial charge in [0.2, 0.25) is 0 Å². The summed E-state index contributed by atoms with van der Waals surface area (Å²) in [6.45, 7) is 0. The first kappa shape index (κ1) is 10.6. The van der Waals surface area contributed by atoms with Crippen molar-refractivity contribution in [2.45, 2.75) is 5.92 Å². The lowest BCUT2D eigenvalue weighted by molar-refractivity contribution is 1.05. The van der Waals surface area contributed by atoms with Crippen LogP contribution in [0.25, 0.3) is 16.8 Å². The average molecular weight is 242 g/mol. The lowest BCUT2D eigenvalue weighted by atomic mass is 9.91. The summed E-state index contributed by atoms with van der Waals surface area (Å²) >= 11 is 0. The fraction of sp³-hybridized carbons (Fsp3) is 0.0526. The Morgan fingerprint density at radius 1 is 0.684 bits per heavy atom. The molecule has 0 aliphatic heterocycles. The van der Waals surface area contributed by atoms with Crippen molar-refractivity contribution < 1.29 is 0 Å². The van der Waals surface area contributed by atoms with Crippen molar-refractivity contribution in [2.75, 3.05) is 0 Å². The zero-order valence-corrected chi connectivity index (χ0v) is 10.6. The van der Waals surface area contributed by atoms with Crippen molar-refractivity contribution in [3.63, 3.8) is 0 Å². The predicted molar refractivity (Wildman–Crippen MR) is 81.3 cm³/mol. The van der Waals surface area contributed by atoms with Crippen LogP contribution in [0.1, 0.15) is 22.6 Å². The van der Waals surface area contributed by atoms with E-state index in [0.29, 0.717) is 5.92 Å².